The van der Waals surface area contributed by atoms with Gasteiger partial charge in [-0.05, 0) is 76.8 Å². The van der Waals surface area contributed by atoms with E-state index in [9.17, 15) is 19.2 Å². The zero-order chi connectivity index (χ0) is 34.3. The number of benzene rings is 1. The Kier molecular flexibility index (Phi) is 13.0. The molecule has 2 aliphatic rings. The Bertz CT molecular complexity index is 1240. The molecule has 5 atom stereocenters. The lowest BCUT2D eigenvalue weighted by atomic mass is 9.84. The molecule has 2 aliphatic heterocycles. The molecule has 0 radical (unpaired) electrons. The number of rotatable bonds is 11. The molecule has 1 aromatic carbocycles. The van der Waals surface area contributed by atoms with Crippen molar-refractivity contribution in [3.63, 3.8) is 0 Å². The van der Waals surface area contributed by atoms with Gasteiger partial charge in [-0.25, -0.2) is 0 Å². The molecule has 0 aromatic heterocycles. The van der Waals surface area contributed by atoms with Crippen LogP contribution in [0.4, 0.5) is 0 Å². The molecule has 2 saturated heterocycles. The number of hydrogen-bond acceptors (Lipinski definition) is 5. The highest BCUT2D eigenvalue weighted by Crippen LogP contribution is 2.27. The zero-order valence-electron chi connectivity index (χ0n) is 29.9. The lowest BCUT2D eigenvalue weighted by molar-refractivity contribution is -0.142. The van der Waals surface area contributed by atoms with Gasteiger partial charge in [-0.2, -0.15) is 0 Å². The minimum Gasteiger partial charge on any atom is -0.348 e. The first-order chi connectivity index (χ1) is 21.5. The standard InChI is InChI=1S/C37H59N5O4/c1-24(2)31(40(10)36(46)32(37(7,8)9)39-34(44)29-19-14-15-21-41(29)25(3)4)23-26(5)35(45)42-22-16-20-30(42)33(43)38-27(6)28-17-12-11-13-18-28/h11-13,17-18,23-25,27,29-32H,14-16,19-22H2,1-10H3,(H,38,43)(H,39,44)/t27-,29+,30-,31+,32+/m0/s1. The number of amides is 4. The van der Waals surface area contributed by atoms with Crippen LogP contribution in [0.3, 0.4) is 0 Å². The van der Waals surface area contributed by atoms with Gasteiger partial charge in [-0.15, -0.1) is 0 Å². The van der Waals surface area contributed by atoms with E-state index in [1.54, 1.807) is 23.8 Å². The normalized spacial score (nSPS) is 21.6. The summed E-state index contributed by atoms with van der Waals surface area (Å²) in [6, 6.07) is 7.95. The van der Waals surface area contributed by atoms with Crippen LogP contribution in [0, 0.1) is 11.3 Å². The minimum atomic E-state index is -0.732. The summed E-state index contributed by atoms with van der Waals surface area (Å²) in [5.74, 6) is -0.620. The first-order valence-electron chi connectivity index (χ1n) is 17.2. The molecule has 2 N–H and O–H groups in total. The second-order valence-electron chi connectivity index (χ2n) is 15.0. The molecule has 1 aromatic rings. The fraction of sp³-hybridized carbons (Fsp3) is 0.676. The van der Waals surface area contributed by atoms with Crippen LogP contribution in [0.5, 0.6) is 0 Å². The van der Waals surface area contributed by atoms with Crippen molar-refractivity contribution in [3.8, 4) is 0 Å². The van der Waals surface area contributed by atoms with E-state index >= 15 is 0 Å². The molecule has 2 heterocycles. The summed E-state index contributed by atoms with van der Waals surface area (Å²) >= 11 is 0. The largest absolute Gasteiger partial charge is 0.348 e. The molecule has 0 unspecified atom stereocenters. The van der Waals surface area contributed by atoms with E-state index in [-0.39, 0.29) is 53.7 Å². The van der Waals surface area contributed by atoms with Crippen molar-refractivity contribution in [2.45, 2.75) is 131 Å². The molecule has 2 fully saturated rings. The van der Waals surface area contributed by atoms with Crippen molar-refractivity contribution in [1.82, 2.24) is 25.3 Å². The Hall–Kier alpha value is -3.20. The van der Waals surface area contributed by atoms with E-state index in [4.69, 9.17) is 0 Å². The molecule has 0 spiro atoms. The summed E-state index contributed by atoms with van der Waals surface area (Å²) in [5, 5.41) is 6.23. The number of carbonyl (C=O) groups is 4. The number of likely N-dealkylation sites (tertiary alicyclic amines) is 2. The van der Waals surface area contributed by atoms with E-state index in [1.165, 1.54) is 0 Å². The monoisotopic (exact) mass is 637 g/mol. The van der Waals surface area contributed by atoms with Crippen molar-refractivity contribution >= 4 is 23.6 Å². The van der Waals surface area contributed by atoms with Crippen LogP contribution in [-0.2, 0) is 19.2 Å². The highest BCUT2D eigenvalue weighted by Gasteiger charge is 2.40. The number of piperidine rings is 1. The maximum atomic E-state index is 14.2. The summed E-state index contributed by atoms with van der Waals surface area (Å²) in [6.45, 7) is 19.3. The van der Waals surface area contributed by atoms with Crippen LogP contribution in [0.15, 0.2) is 42.0 Å². The smallest absolute Gasteiger partial charge is 0.249 e. The molecule has 46 heavy (non-hydrogen) atoms. The molecule has 0 bridgehead atoms. The van der Waals surface area contributed by atoms with Crippen molar-refractivity contribution in [3.05, 3.63) is 47.5 Å². The van der Waals surface area contributed by atoms with E-state index in [0.717, 1.165) is 37.8 Å². The van der Waals surface area contributed by atoms with Gasteiger partial charge in [0, 0.05) is 25.2 Å². The van der Waals surface area contributed by atoms with Crippen LogP contribution in [0.1, 0.15) is 106 Å². The van der Waals surface area contributed by atoms with Gasteiger partial charge >= 0.3 is 0 Å². The van der Waals surface area contributed by atoms with Crippen molar-refractivity contribution < 1.29 is 19.2 Å². The minimum absolute atomic E-state index is 0.00666. The Labute approximate surface area is 277 Å². The number of likely N-dealkylation sites (N-methyl/N-ethyl adjacent to an activating group) is 1. The van der Waals surface area contributed by atoms with Gasteiger partial charge in [0.25, 0.3) is 0 Å². The van der Waals surface area contributed by atoms with Gasteiger partial charge in [0.05, 0.1) is 18.1 Å². The first-order valence-corrected chi connectivity index (χ1v) is 17.2. The van der Waals surface area contributed by atoms with Gasteiger partial charge in [0.1, 0.15) is 12.1 Å². The van der Waals surface area contributed by atoms with Gasteiger partial charge < -0.3 is 20.4 Å². The average molecular weight is 638 g/mol. The number of nitrogens with zero attached hydrogens (tertiary/aromatic N) is 3. The Morgan fingerprint density at radius 1 is 0.870 bits per heavy atom. The first kappa shape index (κ1) is 37.3. The second kappa shape index (κ2) is 16.1. The van der Waals surface area contributed by atoms with Crippen molar-refractivity contribution in [2.75, 3.05) is 20.1 Å². The fourth-order valence-corrected chi connectivity index (χ4v) is 6.81. The molecule has 0 aliphatic carbocycles. The van der Waals surface area contributed by atoms with Crippen molar-refractivity contribution in [2.24, 2.45) is 11.3 Å². The van der Waals surface area contributed by atoms with Crippen LogP contribution >= 0.6 is 0 Å². The predicted molar refractivity (Wildman–Crippen MR) is 184 cm³/mol. The van der Waals surface area contributed by atoms with Gasteiger partial charge in [0.15, 0.2) is 0 Å². The number of nitrogens with one attached hydrogen (secondary N) is 2. The molecular formula is C37H59N5O4. The van der Waals surface area contributed by atoms with Crippen LogP contribution < -0.4 is 10.6 Å². The quantitative estimate of drug-likeness (QED) is 0.330. The summed E-state index contributed by atoms with van der Waals surface area (Å²) in [7, 11) is 1.75. The molecule has 256 valence electrons. The van der Waals surface area contributed by atoms with Gasteiger partial charge in [-0.3, -0.25) is 24.1 Å². The van der Waals surface area contributed by atoms with Crippen molar-refractivity contribution in [1.29, 1.82) is 0 Å². The van der Waals surface area contributed by atoms with Crippen LogP contribution in [0.25, 0.3) is 0 Å². The maximum absolute atomic E-state index is 14.2. The lowest BCUT2D eigenvalue weighted by Crippen LogP contribution is -2.60. The molecule has 0 saturated carbocycles. The molecule has 9 heteroatoms. The molecule has 3 rings (SSSR count). The third-order valence-corrected chi connectivity index (χ3v) is 9.62. The summed E-state index contributed by atoms with van der Waals surface area (Å²) in [5.41, 5.74) is 0.984. The molecule has 4 amide bonds. The number of hydrogen-bond donors (Lipinski definition) is 2. The average Bonchev–Trinajstić information content (AvgIpc) is 3.51. The molecule has 9 nitrogen and oxygen atoms in total. The summed E-state index contributed by atoms with van der Waals surface area (Å²) < 4.78 is 0. The van der Waals surface area contributed by atoms with Gasteiger partial charge in [-0.1, -0.05) is 77.4 Å². The van der Waals surface area contributed by atoms with Crippen LogP contribution in [-0.4, -0.2) is 88.7 Å². The topological polar surface area (TPSA) is 102 Å². The zero-order valence-corrected chi connectivity index (χ0v) is 29.9. The predicted octanol–water partition coefficient (Wildman–Crippen LogP) is 5.08. The number of carbonyl (C=O) groups excluding carboxylic acids is 4. The van der Waals surface area contributed by atoms with E-state index in [2.05, 4.69) is 29.4 Å². The SMILES string of the molecule is CC(=C[C@H](C(C)C)N(C)C(=O)[C@@H](NC(=O)[C@H]1CCCCN1C(C)C)C(C)(C)C)C(=O)N1CCC[C@H]1C(=O)N[C@@H](C)c1ccccc1. The van der Waals surface area contributed by atoms with E-state index in [1.807, 2.05) is 78.0 Å². The lowest BCUT2D eigenvalue weighted by Gasteiger charge is -2.41. The maximum Gasteiger partial charge on any atom is 0.249 e. The summed E-state index contributed by atoms with van der Waals surface area (Å²) in [4.78, 5) is 60.4. The Morgan fingerprint density at radius 3 is 2.07 bits per heavy atom. The highest BCUT2D eigenvalue weighted by molar-refractivity contribution is 5.97. The fourth-order valence-electron chi connectivity index (χ4n) is 6.81. The van der Waals surface area contributed by atoms with Gasteiger partial charge in [0.2, 0.25) is 23.6 Å². The highest BCUT2D eigenvalue weighted by atomic mass is 16.2. The molecular weight excluding hydrogens is 578 g/mol. The third-order valence-electron chi connectivity index (χ3n) is 9.62. The third kappa shape index (κ3) is 9.20. The Morgan fingerprint density at radius 2 is 1.48 bits per heavy atom. The van der Waals surface area contributed by atoms with Crippen LogP contribution in [0.2, 0.25) is 0 Å². The van der Waals surface area contributed by atoms with E-state index < -0.39 is 17.5 Å². The summed E-state index contributed by atoms with van der Waals surface area (Å²) in [6.07, 6.45) is 6.07. The Balaban J connectivity index is 1.76. The second-order valence-corrected chi connectivity index (χ2v) is 15.0. The van der Waals surface area contributed by atoms with E-state index in [0.29, 0.717) is 18.5 Å².